The molecule has 0 aromatic heterocycles. The normalized spacial score (nSPS) is 15.8. The molecule has 5 nitrogen and oxygen atoms in total. The Labute approximate surface area is 213 Å². The molecule has 2 aromatic rings. The van der Waals surface area contributed by atoms with Crippen LogP contribution in [0.4, 0.5) is 4.79 Å². The van der Waals surface area contributed by atoms with Crippen molar-refractivity contribution in [3.8, 4) is 11.5 Å². The first kappa shape index (κ1) is 25.4. The Kier molecular flexibility index (Phi) is 9.02. The van der Waals surface area contributed by atoms with E-state index >= 15 is 0 Å². The minimum absolute atomic E-state index is 0.129. The lowest BCUT2D eigenvalue weighted by Crippen LogP contribution is -2.36. The van der Waals surface area contributed by atoms with Gasteiger partial charge in [-0.05, 0) is 103 Å². The molecule has 1 aliphatic heterocycles. The van der Waals surface area contributed by atoms with Gasteiger partial charge in [0.25, 0.3) is 11.1 Å². The number of imide groups is 1. The lowest BCUT2D eigenvalue weighted by molar-refractivity contribution is -0.124. The number of hydrogen-bond acceptors (Lipinski definition) is 5. The van der Waals surface area contributed by atoms with E-state index in [4.69, 9.17) is 9.47 Å². The maximum absolute atomic E-state index is 12.8. The second-order valence-corrected chi connectivity index (χ2v) is 9.90. The zero-order valence-corrected chi connectivity index (χ0v) is 22.1. The number of nitrogens with zero attached hydrogens (tertiary/aromatic N) is 1. The molecule has 1 saturated heterocycles. The monoisotopic (exact) mass is 577 g/mol. The molecule has 1 fully saturated rings. The average Bonchev–Trinajstić information content (AvgIpc) is 3.07. The zero-order chi connectivity index (χ0) is 24.0. The molecule has 1 aliphatic rings. The summed E-state index contributed by atoms with van der Waals surface area (Å²) in [6.45, 7) is 10.5. The van der Waals surface area contributed by atoms with Crippen molar-refractivity contribution in [1.82, 2.24) is 4.90 Å². The van der Waals surface area contributed by atoms with Crippen LogP contribution in [0.25, 0.3) is 6.08 Å². The summed E-state index contributed by atoms with van der Waals surface area (Å²) in [5.74, 6) is 1.02. The van der Waals surface area contributed by atoms with E-state index in [1.165, 1.54) is 8.47 Å². The van der Waals surface area contributed by atoms with Crippen LogP contribution in [0.15, 0.2) is 54.0 Å². The molecule has 0 bridgehead atoms. The standard InChI is InChI=1S/C26H28INO4S/c1-5-8-20-13-19(15-23-25(29)28(17(4)6-2)26(30)33-23)14-22(31-7-3)24(20)32-16-18-9-11-21(27)12-10-18/h5,9-15,17H,1,6-8,16H2,2-4H3/b23-15+/t17-/m0/s1. The highest BCUT2D eigenvalue weighted by atomic mass is 127. The maximum atomic E-state index is 12.8. The van der Waals surface area contributed by atoms with E-state index in [9.17, 15) is 9.59 Å². The van der Waals surface area contributed by atoms with Gasteiger partial charge in [0.2, 0.25) is 0 Å². The number of carbonyl (C=O) groups is 2. The molecule has 1 heterocycles. The van der Waals surface area contributed by atoms with E-state index in [2.05, 4.69) is 29.2 Å². The van der Waals surface area contributed by atoms with E-state index in [-0.39, 0.29) is 17.2 Å². The lowest BCUT2D eigenvalue weighted by atomic mass is 10.0. The highest BCUT2D eigenvalue weighted by Gasteiger charge is 2.37. The summed E-state index contributed by atoms with van der Waals surface area (Å²) in [5, 5.41) is -0.227. The van der Waals surface area contributed by atoms with Crippen LogP contribution in [0.5, 0.6) is 11.5 Å². The van der Waals surface area contributed by atoms with Gasteiger partial charge in [-0.1, -0.05) is 25.1 Å². The predicted molar refractivity (Wildman–Crippen MR) is 143 cm³/mol. The second-order valence-electron chi connectivity index (χ2n) is 7.66. The quantitative estimate of drug-likeness (QED) is 0.176. The zero-order valence-electron chi connectivity index (χ0n) is 19.1. The summed E-state index contributed by atoms with van der Waals surface area (Å²) in [7, 11) is 0. The highest BCUT2D eigenvalue weighted by molar-refractivity contribution is 14.1. The Morgan fingerprint density at radius 3 is 2.52 bits per heavy atom. The van der Waals surface area contributed by atoms with Gasteiger partial charge in [0.1, 0.15) is 6.61 Å². The molecule has 2 amide bonds. The fraction of sp³-hybridized carbons (Fsp3) is 0.308. The molecule has 174 valence electrons. The van der Waals surface area contributed by atoms with E-state index in [1.807, 2.05) is 63.2 Å². The number of hydrogen-bond donors (Lipinski definition) is 0. The number of carbonyl (C=O) groups excluding carboxylic acids is 2. The summed E-state index contributed by atoms with van der Waals surface area (Å²) in [5.41, 5.74) is 2.76. The third kappa shape index (κ3) is 6.20. The molecule has 33 heavy (non-hydrogen) atoms. The molecular formula is C26H28INO4S. The van der Waals surface area contributed by atoms with Crippen LogP contribution in [0.1, 0.15) is 43.9 Å². The van der Waals surface area contributed by atoms with Crippen molar-refractivity contribution in [1.29, 1.82) is 0 Å². The average molecular weight is 577 g/mol. The van der Waals surface area contributed by atoms with Crippen molar-refractivity contribution >= 4 is 51.6 Å². The molecule has 0 aliphatic carbocycles. The first-order valence-electron chi connectivity index (χ1n) is 10.9. The number of amides is 2. The van der Waals surface area contributed by atoms with Crippen LogP contribution in [-0.2, 0) is 17.8 Å². The first-order valence-corrected chi connectivity index (χ1v) is 12.8. The Bertz CT molecular complexity index is 1060. The van der Waals surface area contributed by atoms with Gasteiger partial charge in [0.05, 0.1) is 11.5 Å². The van der Waals surface area contributed by atoms with Gasteiger partial charge in [-0.2, -0.15) is 0 Å². The Morgan fingerprint density at radius 2 is 1.88 bits per heavy atom. The van der Waals surface area contributed by atoms with E-state index in [0.29, 0.717) is 36.0 Å². The molecule has 0 unspecified atom stereocenters. The minimum atomic E-state index is -0.249. The van der Waals surface area contributed by atoms with Crippen molar-refractivity contribution in [2.24, 2.45) is 0 Å². The fourth-order valence-electron chi connectivity index (χ4n) is 3.43. The first-order chi connectivity index (χ1) is 15.9. The van der Waals surface area contributed by atoms with Crippen molar-refractivity contribution in [2.45, 2.75) is 46.3 Å². The highest BCUT2D eigenvalue weighted by Crippen LogP contribution is 2.38. The topological polar surface area (TPSA) is 55.8 Å². The number of allylic oxidation sites excluding steroid dienone is 1. The summed E-state index contributed by atoms with van der Waals surface area (Å²) in [6.07, 6.45) is 4.86. The third-order valence-corrected chi connectivity index (χ3v) is 6.87. The molecule has 2 aromatic carbocycles. The van der Waals surface area contributed by atoms with Crippen LogP contribution < -0.4 is 9.47 Å². The van der Waals surface area contributed by atoms with Gasteiger partial charge in [-0.15, -0.1) is 6.58 Å². The summed E-state index contributed by atoms with van der Waals surface area (Å²) in [4.78, 5) is 27.0. The van der Waals surface area contributed by atoms with Crippen LogP contribution in [0.3, 0.4) is 0 Å². The Balaban J connectivity index is 1.94. The number of ether oxygens (including phenoxy) is 2. The Hall–Kier alpha value is -2.26. The van der Waals surface area contributed by atoms with Gasteiger partial charge < -0.3 is 9.47 Å². The van der Waals surface area contributed by atoms with E-state index < -0.39 is 0 Å². The second kappa shape index (κ2) is 11.7. The molecule has 0 radical (unpaired) electrons. The van der Waals surface area contributed by atoms with Crippen LogP contribution in [0, 0.1) is 3.57 Å². The number of thioether (sulfide) groups is 1. The number of halogens is 1. The smallest absolute Gasteiger partial charge is 0.293 e. The predicted octanol–water partition coefficient (Wildman–Crippen LogP) is 6.83. The number of benzene rings is 2. The van der Waals surface area contributed by atoms with E-state index in [0.717, 1.165) is 34.9 Å². The van der Waals surface area contributed by atoms with Gasteiger partial charge in [0.15, 0.2) is 11.5 Å². The van der Waals surface area contributed by atoms with Crippen molar-refractivity contribution < 1.29 is 19.1 Å². The molecule has 1 atom stereocenters. The molecule has 0 N–H and O–H groups in total. The van der Waals surface area contributed by atoms with Crippen molar-refractivity contribution in [2.75, 3.05) is 6.61 Å². The largest absolute Gasteiger partial charge is 0.490 e. The van der Waals surface area contributed by atoms with Crippen molar-refractivity contribution in [3.63, 3.8) is 0 Å². The number of rotatable bonds is 10. The summed E-state index contributed by atoms with van der Waals surface area (Å²) < 4.78 is 13.3. The van der Waals surface area contributed by atoms with Crippen LogP contribution in [-0.4, -0.2) is 28.7 Å². The molecule has 7 heteroatoms. The fourth-order valence-corrected chi connectivity index (χ4v) is 4.72. The molecule has 3 rings (SSSR count). The molecular weight excluding hydrogens is 549 g/mol. The summed E-state index contributed by atoms with van der Waals surface area (Å²) >= 11 is 3.25. The Morgan fingerprint density at radius 1 is 1.15 bits per heavy atom. The molecule has 0 spiro atoms. The van der Waals surface area contributed by atoms with Crippen LogP contribution in [0.2, 0.25) is 0 Å². The summed E-state index contributed by atoms with van der Waals surface area (Å²) in [6, 6.07) is 11.9. The lowest BCUT2D eigenvalue weighted by Gasteiger charge is -2.19. The minimum Gasteiger partial charge on any atom is -0.490 e. The van der Waals surface area contributed by atoms with Crippen molar-refractivity contribution in [3.05, 3.63) is 74.2 Å². The van der Waals surface area contributed by atoms with Crippen LogP contribution >= 0.6 is 34.4 Å². The van der Waals surface area contributed by atoms with E-state index in [1.54, 1.807) is 6.08 Å². The third-order valence-electron chi connectivity index (χ3n) is 5.27. The van der Waals surface area contributed by atoms with Gasteiger partial charge in [-0.25, -0.2) is 0 Å². The SMILES string of the molecule is C=CCc1cc(/C=C2/SC(=O)N([C@@H](C)CC)C2=O)cc(OCC)c1OCc1ccc(I)cc1. The molecule has 0 saturated carbocycles. The maximum Gasteiger partial charge on any atom is 0.293 e. The van der Waals surface area contributed by atoms with Gasteiger partial charge in [0, 0.05) is 15.2 Å². The van der Waals surface area contributed by atoms with Gasteiger partial charge in [-0.3, -0.25) is 14.5 Å². The van der Waals surface area contributed by atoms with Gasteiger partial charge >= 0.3 is 0 Å².